The lowest BCUT2D eigenvalue weighted by atomic mass is 10.0. The van der Waals surface area contributed by atoms with Crippen LogP contribution in [0.1, 0.15) is 19.3 Å². The summed E-state index contributed by atoms with van der Waals surface area (Å²) in [6, 6.07) is 0. The van der Waals surface area contributed by atoms with Gasteiger partial charge in [0.25, 0.3) is 0 Å². The second kappa shape index (κ2) is 4.93. The minimum absolute atomic E-state index is 0.456. The van der Waals surface area contributed by atoms with E-state index >= 15 is 0 Å². The lowest BCUT2D eigenvalue weighted by molar-refractivity contribution is 0.469. The van der Waals surface area contributed by atoms with Crippen LogP contribution >= 0.6 is 0 Å². The molecule has 0 amide bonds. The number of hydrogen-bond acceptors (Lipinski definition) is 3. The molecule has 1 atom stereocenters. The summed E-state index contributed by atoms with van der Waals surface area (Å²) in [4.78, 5) is 0. The molecular weight excluding hydrogens is 188 g/mol. The maximum atomic E-state index is 10.8. The third-order valence-electron chi connectivity index (χ3n) is 2.28. The Morgan fingerprint density at radius 3 is 2.92 bits per heavy atom. The van der Waals surface area contributed by atoms with Gasteiger partial charge in [0.15, 0.2) is 0 Å². The van der Waals surface area contributed by atoms with Crippen molar-refractivity contribution in [3.05, 3.63) is 0 Å². The van der Waals surface area contributed by atoms with Crippen LogP contribution in [0, 0.1) is 5.92 Å². The van der Waals surface area contributed by atoms with E-state index in [0.29, 0.717) is 12.5 Å². The van der Waals surface area contributed by atoms with Gasteiger partial charge in [-0.25, -0.2) is 13.1 Å². The molecule has 4 nitrogen and oxygen atoms in total. The smallest absolute Gasteiger partial charge is 0.208 e. The van der Waals surface area contributed by atoms with E-state index in [2.05, 4.69) is 10.0 Å². The second-order valence-corrected chi connectivity index (χ2v) is 5.52. The van der Waals surface area contributed by atoms with E-state index in [1.807, 2.05) is 0 Å². The normalized spacial score (nSPS) is 25.5. The summed E-state index contributed by atoms with van der Waals surface area (Å²) in [6.07, 6.45) is 4.73. The zero-order chi connectivity index (χ0) is 9.73. The Bertz CT molecular complexity index is 231. The average Bonchev–Trinajstić information content (AvgIpc) is 2.26. The second-order valence-electron chi connectivity index (χ2n) is 3.69. The standard InChI is InChI=1S/C8H18N2O2S/c1-13(11,12)10-7-8-4-2-3-5-9-6-8/h8-10H,2-7H2,1H3. The maximum Gasteiger partial charge on any atom is 0.208 e. The van der Waals surface area contributed by atoms with Crippen LogP contribution in [0.2, 0.25) is 0 Å². The van der Waals surface area contributed by atoms with E-state index in [4.69, 9.17) is 0 Å². The van der Waals surface area contributed by atoms with Gasteiger partial charge in [-0.15, -0.1) is 0 Å². The van der Waals surface area contributed by atoms with Crippen molar-refractivity contribution in [3.63, 3.8) is 0 Å². The van der Waals surface area contributed by atoms with Gasteiger partial charge < -0.3 is 5.32 Å². The first-order valence-electron chi connectivity index (χ1n) is 4.73. The van der Waals surface area contributed by atoms with Gasteiger partial charge in [0.2, 0.25) is 10.0 Å². The van der Waals surface area contributed by atoms with E-state index < -0.39 is 10.0 Å². The zero-order valence-electron chi connectivity index (χ0n) is 8.04. The molecule has 13 heavy (non-hydrogen) atoms. The highest BCUT2D eigenvalue weighted by molar-refractivity contribution is 7.88. The van der Waals surface area contributed by atoms with Crippen LogP contribution in [0.4, 0.5) is 0 Å². The molecule has 1 unspecified atom stereocenters. The fourth-order valence-electron chi connectivity index (χ4n) is 1.53. The van der Waals surface area contributed by atoms with Crippen LogP contribution in [0.25, 0.3) is 0 Å². The SMILES string of the molecule is CS(=O)(=O)NCC1CCCCNC1. The van der Waals surface area contributed by atoms with E-state index in [1.165, 1.54) is 19.1 Å². The summed E-state index contributed by atoms with van der Waals surface area (Å²) < 4.78 is 24.2. The molecule has 0 spiro atoms. The Balaban J connectivity index is 2.27. The molecule has 1 saturated heterocycles. The van der Waals surface area contributed by atoms with Crippen LogP contribution in [-0.2, 0) is 10.0 Å². The van der Waals surface area contributed by atoms with Gasteiger partial charge in [0.05, 0.1) is 6.26 Å². The number of nitrogens with one attached hydrogen (secondary N) is 2. The van der Waals surface area contributed by atoms with Crippen molar-refractivity contribution in [1.29, 1.82) is 0 Å². The van der Waals surface area contributed by atoms with E-state index in [1.54, 1.807) is 0 Å². The van der Waals surface area contributed by atoms with Crippen LogP contribution in [-0.4, -0.2) is 34.3 Å². The number of sulfonamides is 1. The van der Waals surface area contributed by atoms with Crippen molar-refractivity contribution in [1.82, 2.24) is 10.0 Å². The van der Waals surface area contributed by atoms with Gasteiger partial charge in [0, 0.05) is 6.54 Å². The summed E-state index contributed by atoms with van der Waals surface area (Å²) in [5, 5.41) is 3.30. The molecule has 0 aromatic carbocycles. The Morgan fingerprint density at radius 1 is 1.46 bits per heavy atom. The Kier molecular flexibility index (Phi) is 4.15. The Labute approximate surface area is 80.1 Å². The first-order chi connectivity index (χ1) is 6.08. The van der Waals surface area contributed by atoms with Gasteiger partial charge in [-0.3, -0.25) is 0 Å². The van der Waals surface area contributed by atoms with Gasteiger partial charge in [-0.05, 0) is 31.8 Å². The molecule has 1 aliphatic heterocycles. The molecule has 0 radical (unpaired) electrons. The zero-order valence-corrected chi connectivity index (χ0v) is 8.86. The molecule has 0 bridgehead atoms. The van der Waals surface area contributed by atoms with Crippen LogP contribution in [0.15, 0.2) is 0 Å². The third kappa shape index (κ3) is 5.23. The van der Waals surface area contributed by atoms with Crippen molar-refractivity contribution in [2.45, 2.75) is 19.3 Å². The van der Waals surface area contributed by atoms with Gasteiger partial charge in [-0.2, -0.15) is 0 Å². The van der Waals surface area contributed by atoms with Gasteiger partial charge in [-0.1, -0.05) is 6.42 Å². The highest BCUT2D eigenvalue weighted by Gasteiger charge is 2.13. The molecule has 0 aromatic rings. The first kappa shape index (κ1) is 10.9. The van der Waals surface area contributed by atoms with E-state index in [9.17, 15) is 8.42 Å². The maximum absolute atomic E-state index is 10.8. The highest BCUT2D eigenvalue weighted by Crippen LogP contribution is 2.09. The summed E-state index contributed by atoms with van der Waals surface area (Å²) >= 11 is 0. The highest BCUT2D eigenvalue weighted by atomic mass is 32.2. The lowest BCUT2D eigenvalue weighted by Gasteiger charge is -2.13. The molecule has 1 rings (SSSR count). The van der Waals surface area contributed by atoms with Crippen molar-refractivity contribution >= 4 is 10.0 Å². The van der Waals surface area contributed by atoms with Crippen molar-refractivity contribution in [2.75, 3.05) is 25.9 Å². The molecule has 78 valence electrons. The third-order valence-corrected chi connectivity index (χ3v) is 2.97. The van der Waals surface area contributed by atoms with Crippen LogP contribution in [0.3, 0.4) is 0 Å². The minimum Gasteiger partial charge on any atom is -0.316 e. The Morgan fingerprint density at radius 2 is 2.23 bits per heavy atom. The largest absolute Gasteiger partial charge is 0.316 e. The molecule has 0 saturated carbocycles. The molecule has 1 aliphatic rings. The predicted molar refractivity (Wildman–Crippen MR) is 53.1 cm³/mol. The monoisotopic (exact) mass is 206 g/mol. The average molecular weight is 206 g/mol. The fraction of sp³-hybridized carbons (Fsp3) is 1.00. The van der Waals surface area contributed by atoms with Crippen LogP contribution in [0.5, 0.6) is 0 Å². The predicted octanol–water partition coefficient (Wildman–Crippen LogP) is -0.0747. The minimum atomic E-state index is -3.01. The summed E-state index contributed by atoms with van der Waals surface area (Å²) in [5.74, 6) is 0.456. The van der Waals surface area contributed by atoms with Crippen molar-refractivity contribution in [3.8, 4) is 0 Å². The molecular formula is C8H18N2O2S. The molecule has 1 fully saturated rings. The van der Waals surface area contributed by atoms with E-state index in [-0.39, 0.29) is 0 Å². The number of rotatable bonds is 3. The molecule has 1 heterocycles. The van der Waals surface area contributed by atoms with Gasteiger partial charge >= 0.3 is 0 Å². The summed E-state index contributed by atoms with van der Waals surface area (Å²) in [5.41, 5.74) is 0. The van der Waals surface area contributed by atoms with Crippen LogP contribution < -0.4 is 10.0 Å². The molecule has 0 aromatic heterocycles. The van der Waals surface area contributed by atoms with Crippen molar-refractivity contribution < 1.29 is 8.42 Å². The topological polar surface area (TPSA) is 58.2 Å². The van der Waals surface area contributed by atoms with Crippen molar-refractivity contribution in [2.24, 2.45) is 5.92 Å². The number of hydrogen-bond donors (Lipinski definition) is 2. The fourth-order valence-corrected chi connectivity index (χ4v) is 2.07. The molecule has 0 aliphatic carbocycles. The summed E-state index contributed by atoms with van der Waals surface area (Å²) in [7, 11) is -3.01. The summed E-state index contributed by atoms with van der Waals surface area (Å²) in [6.45, 7) is 2.57. The Hall–Kier alpha value is -0.130. The lowest BCUT2D eigenvalue weighted by Crippen LogP contribution is -2.32. The molecule has 2 N–H and O–H groups in total. The van der Waals surface area contributed by atoms with Gasteiger partial charge in [0.1, 0.15) is 0 Å². The first-order valence-corrected chi connectivity index (χ1v) is 6.62. The quantitative estimate of drug-likeness (QED) is 0.679. The van der Waals surface area contributed by atoms with E-state index in [0.717, 1.165) is 19.5 Å². The molecule has 5 heteroatoms.